The topological polar surface area (TPSA) is 29.5 Å². The van der Waals surface area contributed by atoms with Crippen molar-refractivity contribution in [2.24, 2.45) is 0 Å². The molecular weight excluding hydrogens is 248 g/mol. The first-order valence-corrected chi connectivity index (χ1v) is 7.07. The van der Waals surface area contributed by atoms with E-state index in [0.717, 1.165) is 5.75 Å². The van der Waals surface area contributed by atoms with Gasteiger partial charge in [0.2, 0.25) is 0 Å². The third-order valence-electron chi connectivity index (χ3n) is 3.42. The van der Waals surface area contributed by atoms with E-state index in [1.54, 1.807) is 0 Å². The van der Waals surface area contributed by atoms with Gasteiger partial charge in [0.1, 0.15) is 5.75 Å². The van der Waals surface area contributed by atoms with Crippen molar-refractivity contribution in [2.45, 2.75) is 32.8 Å². The minimum absolute atomic E-state index is 0.362. The molecule has 0 saturated carbocycles. The van der Waals surface area contributed by atoms with Gasteiger partial charge in [-0.2, -0.15) is 0 Å². The average Bonchev–Trinajstić information content (AvgIpc) is 2.44. The van der Waals surface area contributed by atoms with Crippen LogP contribution < -0.4 is 4.74 Å². The summed E-state index contributed by atoms with van der Waals surface area (Å²) in [5.74, 6) is 0.853. The molecule has 0 aliphatic carbocycles. The fourth-order valence-corrected chi connectivity index (χ4v) is 2.21. The molecule has 2 aromatic carbocycles. The summed E-state index contributed by atoms with van der Waals surface area (Å²) < 4.78 is 5.61. The van der Waals surface area contributed by atoms with Crippen molar-refractivity contribution >= 4 is 0 Å². The molecule has 0 radical (unpaired) electrons. The minimum atomic E-state index is -0.362. The highest BCUT2D eigenvalue weighted by Crippen LogP contribution is 2.15. The smallest absolute Gasteiger partial charge is 0.119 e. The molecule has 106 valence electrons. The molecular formula is C18H22O2. The number of aliphatic hydroxyl groups excluding tert-OH is 1. The number of para-hydroxylation sites is 1. The molecule has 0 spiro atoms. The SMILES string of the molecule is Cc1ccc(C)c(CC(O)CCOc2ccccc2)c1. The van der Waals surface area contributed by atoms with Crippen LogP contribution in [-0.4, -0.2) is 17.8 Å². The minimum Gasteiger partial charge on any atom is -0.493 e. The molecule has 0 aliphatic heterocycles. The summed E-state index contributed by atoms with van der Waals surface area (Å²) >= 11 is 0. The van der Waals surface area contributed by atoms with Gasteiger partial charge in [-0.1, -0.05) is 42.0 Å². The molecule has 0 amide bonds. The number of ether oxygens (including phenoxy) is 1. The second kappa shape index (κ2) is 7.11. The van der Waals surface area contributed by atoms with Gasteiger partial charge >= 0.3 is 0 Å². The van der Waals surface area contributed by atoms with Crippen molar-refractivity contribution in [3.8, 4) is 5.75 Å². The molecule has 1 atom stereocenters. The van der Waals surface area contributed by atoms with E-state index in [9.17, 15) is 5.11 Å². The second-order valence-corrected chi connectivity index (χ2v) is 5.24. The number of hydrogen-bond acceptors (Lipinski definition) is 2. The Morgan fingerprint density at radius 3 is 2.55 bits per heavy atom. The van der Waals surface area contributed by atoms with Crippen LogP contribution in [0, 0.1) is 13.8 Å². The molecule has 20 heavy (non-hydrogen) atoms. The van der Waals surface area contributed by atoms with Crippen molar-refractivity contribution in [1.29, 1.82) is 0 Å². The molecule has 1 N–H and O–H groups in total. The molecule has 0 aliphatic rings. The van der Waals surface area contributed by atoms with Gasteiger partial charge < -0.3 is 9.84 Å². The number of rotatable bonds is 6. The summed E-state index contributed by atoms with van der Waals surface area (Å²) in [6, 6.07) is 16.1. The van der Waals surface area contributed by atoms with E-state index in [-0.39, 0.29) is 6.10 Å². The third kappa shape index (κ3) is 4.39. The van der Waals surface area contributed by atoms with Gasteiger partial charge in [-0.15, -0.1) is 0 Å². The molecule has 2 nitrogen and oxygen atoms in total. The Balaban J connectivity index is 1.80. The van der Waals surface area contributed by atoms with Crippen LogP contribution in [-0.2, 0) is 6.42 Å². The van der Waals surface area contributed by atoms with E-state index < -0.39 is 0 Å². The largest absolute Gasteiger partial charge is 0.493 e. The zero-order chi connectivity index (χ0) is 14.4. The standard InChI is InChI=1S/C18H22O2/c1-14-8-9-15(2)16(12-14)13-17(19)10-11-20-18-6-4-3-5-7-18/h3-9,12,17,19H,10-11,13H2,1-2H3. The predicted octanol–water partition coefficient (Wildman–Crippen LogP) is 3.68. The fourth-order valence-electron chi connectivity index (χ4n) is 2.21. The van der Waals surface area contributed by atoms with Gasteiger partial charge in [-0.25, -0.2) is 0 Å². The molecule has 2 rings (SSSR count). The van der Waals surface area contributed by atoms with E-state index in [4.69, 9.17) is 4.74 Å². The Hall–Kier alpha value is -1.80. The lowest BCUT2D eigenvalue weighted by atomic mass is 9.99. The molecule has 0 aromatic heterocycles. The Morgan fingerprint density at radius 2 is 1.80 bits per heavy atom. The van der Waals surface area contributed by atoms with Crippen LogP contribution in [0.3, 0.4) is 0 Å². The van der Waals surface area contributed by atoms with E-state index in [1.165, 1.54) is 16.7 Å². The van der Waals surface area contributed by atoms with Crippen molar-refractivity contribution in [3.63, 3.8) is 0 Å². The number of benzene rings is 2. The quantitative estimate of drug-likeness (QED) is 0.867. The van der Waals surface area contributed by atoms with Gasteiger partial charge in [-0.05, 0) is 43.5 Å². The summed E-state index contributed by atoms with van der Waals surface area (Å²) in [5, 5.41) is 10.1. The van der Waals surface area contributed by atoms with E-state index in [2.05, 4.69) is 32.0 Å². The lowest BCUT2D eigenvalue weighted by Crippen LogP contribution is -2.15. The van der Waals surface area contributed by atoms with Gasteiger partial charge in [-0.3, -0.25) is 0 Å². The maximum atomic E-state index is 10.1. The Morgan fingerprint density at radius 1 is 1.05 bits per heavy atom. The summed E-state index contributed by atoms with van der Waals surface area (Å²) in [4.78, 5) is 0. The van der Waals surface area contributed by atoms with Crippen molar-refractivity contribution < 1.29 is 9.84 Å². The monoisotopic (exact) mass is 270 g/mol. The molecule has 0 saturated heterocycles. The van der Waals surface area contributed by atoms with Crippen molar-refractivity contribution in [3.05, 3.63) is 65.2 Å². The lowest BCUT2D eigenvalue weighted by molar-refractivity contribution is 0.139. The average molecular weight is 270 g/mol. The molecule has 0 heterocycles. The van der Waals surface area contributed by atoms with Crippen LogP contribution in [0.1, 0.15) is 23.1 Å². The van der Waals surface area contributed by atoms with Crippen molar-refractivity contribution in [2.75, 3.05) is 6.61 Å². The zero-order valence-electron chi connectivity index (χ0n) is 12.2. The van der Waals surface area contributed by atoms with Crippen LogP contribution >= 0.6 is 0 Å². The Kier molecular flexibility index (Phi) is 5.19. The van der Waals surface area contributed by atoms with Crippen LogP contribution in [0.5, 0.6) is 5.75 Å². The highest BCUT2D eigenvalue weighted by molar-refractivity contribution is 5.30. The highest BCUT2D eigenvalue weighted by Gasteiger charge is 2.08. The maximum Gasteiger partial charge on any atom is 0.119 e. The van der Waals surface area contributed by atoms with Gasteiger partial charge in [0.15, 0.2) is 0 Å². The summed E-state index contributed by atoms with van der Waals surface area (Å²) in [5.41, 5.74) is 3.69. The van der Waals surface area contributed by atoms with Crippen LogP contribution in [0.25, 0.3) is 0 Å². The van der Waals surface area contributed by atoms with Crippen LogP contribution in [0.4, 0.5) is 0 Å². The first kappa shape index (κ1) is 14.6. The van der Waals surface area contributed by atoms with Crippen LogP contribution in [0.2, 0.25) is 0 Å². The summed E-state index contributed by atoms with van der Waals surface area (Å²) in [6.07, 6.45) is 0.965. The molecule has 0 bridgehead atoms. The number of aliphatic hydroxyl groups is 1. The fraction of sp³-hybridized carbons (Fsp3) is 0.333. The molecule has 2 heteroatoms. The summed E-state index contributed by atoms with van der Waals surface area (Å²) in [6.45, 7) is 4.70. The number of hydrogen-bond donors (Lipinski definition) is 1. The zero-order valence-corrected chi connectivity index (χ0v) is 12.2. The molecule has 2 aromatic rings. The Bertz CT molecular complexity index is 534. The number of aryl methyl sites for hydroxylation is 2. The Labute approximate surface area is 121 Å². The maximum absolute atomic E-state index is 10.1. The summed E-state index contributed by atoms with van der Waals surface area (Å²) in [7, 11) is 0. The highest BCUT2D eigenvalue weighted by atomic mass is 16.5. The van der Waals surface area contributed by atoms with Crippen molar-refractivity contribution in [1.82, 2.24) is 0 Å². The van der Waals surface area contributed by atoms with Crippen LogP contribution in [0.15, 0.2) is 48.5 Å². The van der Waals surface area contributed by atoms with Gasteiger partial charge in [0.05, 0.1) is 12.7 Å². The first-order chi connectivity index (χ1) is 9.65. The van der Waals surface area contributed by atoms with E-state index in [1.807, 2.05) is 30.3 Å². The third-order valence-corrected chi connectivity index (χ3v) is 3.42. The predicted molar refractivity (Wildman–Crippen MR) is 82.2 cm³/mol. The van der Waals surface area contributed by atoms with E-state index in [0.29, 0.717) is 19.4 Å². The van der Waals surface area contributed by atoms with Gasteiger partial charge in [0.25, 0.3) is 0 Å². The molecule has 0 fully saturated rings. The second-order valence-electron chi connectivity index (χ2n) is 5.24. The van der Waals surface area contributed by atoms with Gasteiger partial charge in [0, 0.05) is 6.42 Å². The van der Waals surface area contributed by atoms with E-state index >= 15 is 0 Å². The molecule has 1 unspecified atom stereocenters. The first-order valence-electron chi connectivity index (χ1n) is 7.07. The normalized spacial score (nSPS) is 12.2. The lowest BCUT2D eigenvalue weighted by Gasteiger charge is -2.14.